The fraction of sp³-hybridized carbons (Fsp3) is 0.471. The number of aryl methyl sites for hydroxylation is 1. The summed E-state index contributed by atoms with van der Waals surface area (Å²) < 4.78 is 3.00. The Morgan fingerprint density at radius 3 is 2.67 bits per heavy atom. The monoisotopic (exact) mass is 349 g/mol. The van der Waals surface area contributed by atoms with E-state index in [4.69, 9.17) is 0 Å². The molecule has 0 radical (unpaired) electrons. The van der Waals surface area contributed by atoms with Gasteiger partial charge >= 0.3 is 0 Å². The second-order valence-electron chi connectivity index (χ2n) is 5.99. The van der Waals surface area contributed by atoms with E-state index >= 15 is 0 Å². The van der Waals surface area contributed by atoms with Gasteiger partial charge in [-0.2, -0.15) is 5.10 Å². The molecule has 1 unspecified atom stereocenters. The quantitative estimate of drug-likeness (QED) is 0.824. The highest BCUT2D eigenvalue weighted by Gasteiger charge is 2.14. The fourth-order valence-corrected chi connectivity index (χ4v) is 2.86. The molecule has 1 aromatic carbocycles. The first-order valence-corrected chi connectivity index (χ1v) is 8.28. The van der Waals surface area contributed by atoms with Crippen molar-refractivity contribution in [2.75, 3.05) is 13.1 Å². The van der Waals surface area contributed by atoms with E-state index in [1.54, 1.807) is 0 Å². The van der Waals surface area contributed by atoms with Crippen LogP contribution in [-0.4, -0.2) is 22.9 Å². The van der Waals surface area contributed by atoms with Gasteiger partial charge in [0, 0.05) is 30.2 Å². The summed E-state index contributed by atoms with van der Waals surface area (Å²) in [4.78, 5) is 0. The summed E-state index contributed by atoms with van der Waals surface area (Å²) in [6.07, 6.45) is 2.97. The number of hydrogen-bond acceptors (Lipinski definition) is 2. The molecule has 21 heavy (non-hydrogen) atoms. The average Bonchev–Trinajstić information content (AvgIpc) is 2.83. The summed E-state index contributed by atoms with van der Waals surface area (Å²) in [5.74, 6) is 1.11. The van der Waals surface area contributed by atoms with Gasteiger partial charge < -0.3 is 5.32 Å². The predicted octanol–water partition coefficient (Wildman–Crippen LogP) is 3.75. The van der Waals surface area contributed by atoms with Gasteiger partial charge in [0.25, 0.3) is 0 Å². The Morgan fingerprint density at radius 1 is 1.24 bits per heavy atom. The van der Waals surface area contributed by atoms with Gasteiger partial charge in [-0.3, -0.25) is 4.68 Å². The number of hydrogen-bond donors (Lipinski definition) is 1. The molecular formula is C17H24BrN3. The number of nitrogens with zero attached hydrogens (tertiary/aromatic N) is 2. The molecule has 0 bridgehead atoms. The zero-order valence-electron chi connectivity index (χ0n) is 13.0. The topological polar surface area (TPSA) is 29.9 Å². The van der Waals surface area contributed by atoms with Crippen molar-refractivity contribution in [1.82, 2.24) is 15.1 Å². The van der Waals surface area contributed by atoms with Crippen molar-refractivity contribution in [2.24, 2.45) is 13.0 Å². The minimum atomic E-state index is 0.441. The third-order valence-corrected chi connectivity index (χ3v) is 3.98. The van der Waals surface area contributed by atoms with E-state index in [0.717, 1.165) is 29.7 Å². The maximum Gasteiger partial charge on any atom is 0.0631 e. The second-order valence-corrected chi connectivity index (χ2v) is 6.90. The van der Waals surface area contributed by atoms with Gasteiger partial charge in [-0.25, -0.2) is 0 Å². The van der Waals surface area contributed by atoms with Crippen molar-refractivity contribution in [3.8, 4) is 0 Å². The maximum absolute atomic E-state index is 4.52. The summed E-state index contributed by atoms with van der Waals surface area (Å²) in [6, 6.07) is 10.7. The molecule has 1 atom stereocenters. The third-order valence-electron chi connectivity index (χ3n) is 3.49. The van der Waals surface area contributed by atoms with Crippen molar-refractivity contribution in [3.63, 3.8) is 0 Å². The Labute approximate surface area is 135 Å². The van der Waals surface area contributed by atoms with E-state index in [9.17, 15) is 0 Å². The Balaban J connectivity index is 2.09. The SMILES string of the molecule is CC(C)CNCC(Cc1ccn(C)n1)c1cccc(Br)c1. The van der Waals surface area contributed by atoms with Crippen LogP contribution in [-0.2, 0) is 13.5 Å². The van der Waals surface area contributed by atoms with Crippen molar-refractivity contribution >= 4 is 15.9 Å². The minimum absolute atomic E-state index is 0.441. The van der Waals surface area contributed by atoms with Crippen LogP contribution in [0.1, 0.15) is 31.0 Å². The van der Waals surface area contributed by atoms with Gasteiger partial charge in [0.1, 0.15) is 0 Å². The molecule has 0 aliphatic rings. The van der Waals surface area contributed by atoms with Crippen molar-refractivity contribution in [2.45, 2.75) is 26.2 Å². The van der Waals surface area contributed by atoms with Crippen molar-refractivity contribution < 1.29 is 0 Å². The molecule has 0 fully saturated rings. The zero-order chi connectivity index (χ0) is 15.2. The molecule has 0 amide bonds. The number of rotatable bonds is 7. The highest BCUT2D eigenvalue weighted by Crippen LogP contribution is 2.23. The zero-order valence-corrected chi connectivity index (χ0v) is 14.6. The van der Waals surface area contributed by atoms with E-state index in [2.05, 4.69) is 70.5 Å². The van der Waals surface area contributed by atoms with E-state index in [1.165, 1.54) is 5.56 Å². The molecule has 0 saturated heterocycles. The largest absolute Gasteiger partial charge is 0.316 e. The molecule has 3 nitrogen and oxygen atoms in total. The molecule has 0 spiro atoms. The first kappa shape index (κ1) is 16.2. The Morgan fingerprint density at radius 2 is 2.05 bits per heavy atom. The van der Waals surface area contributed by atoms with Gasteiger partial charge in [-0.15, -0.1) is 0 Å². The molecule has 1 heterocycles. The molecule has 1 N–H and O–H groups in total. The van der Waals surface area contributed by atoms with E-state index in [-0.39, 0.29) is 0 Å². The van der Waals surface area contributed by atoms with Crippen LogP contribution in [0.4, 0.5) is 0 Å². The van der Waals surface area contributed by atoms with Gasteiger partial charge in [0.05, 0.1) is 5.69 Å². The first-order valence-electron chi connectivity index (χ1n) is 7.49. The van der Waals surface area contributed by atoms with Crippen LogP contribution in [0.15, 0.2) is 41.0 Å². The summed E-state index contributed by atoms with van der Waals surface area (Å²) in [7, 11) is 1.97. The maximum atomic E-state index is 4.52. The molecule has 0 saturated carbocycles. The Kier molecular flexibility index (Phi) is 6.00. The molecule has 0 aliphatic heterocycles. The highest BCUT2D eigenvalue weighted by atomic mass is 79.9. The second kappa shape index (κ2) is 7.76. The van der Waals surface area contributed by atoms with Crippen LogP contribution in [0.5, 0.6) is 0 Å². The van der Waals surface area contributed by atoms with Crippen LogP contribution >= 0.6 is 15.9 Å². The highest BCUT2D eigenvalue weighted by molar-refractivity contribution is 9.10. The first-order chi connectivity index (χ1) is 10.0. The van der Waals surface area contributed by atoms with Crippen LogP contribution in [0.3, 0.4) is 0 Å². The van der Waals surface area contributed by atoms with E-state index < -0.39 is 0 Å². The lowest BCUT2D eigenvalue weighted by Gasteiger charge is -2.18. The molecular weight excluding hydrogens is 326 g/mol. The standard InChI is InChI=1S/C17H24BrN3/c1-13(2)11-19-12-15(10-17-7-8-21(3)20-17)14-5-4-6-16(18)9-14/h4-9,13,15,19H,10-12H2,1-3H3. The molecule has 4 heteroatoms. The lowest BCUT2D eigenvalue weighted by Crippen LogP contribution is -2.26. The fourth-order valence-electron chi connectivity index (χ4n) is 2.44. The van der Waals surface area contributed by atoms with Crippen LogP contribution in [0, 0.1) is 5.92 Å². The van der Waals surface area contributed by atoms with E-state index in [1.807, 2.05) is 17.9 Å². The van der Waals surface area contributed by atoms with E-state index in [0.29, 0.717) is 11.8 Å². The Bertz CT molecular complexity index is 563. The third kappa shape index (κ3) is 5.29. The normalized spacial score (nSPS) is 12.8. The summed E-state index contributed by atoms with van der Waals surface area (Å²) in [5.41, 5.74) is 2.50. The lowest BCUT2D eigenvalue weighted by molar-refractivity contribution is 0.511. The molecule has 2 rings (SSSR count). The van der Waals surface area contributed by atoms with Crippen molar-refractivity contribution in [3.05, 3.63) is 52.3 Å². The minimum Gasteiger partial charge on any atom is -0.316 e. The van der Waals surface area contributed by atoms with Gasteiger partial charge in [-0.05, 0) is 42.6 Å². The molecule has 1 aromatic heterocycles. The molecule has 2 aromatic rings. The van der Waals surface area contributed by atoms with Gasteiger partial charge in [0.2, 0.25) is 0 Å². The lowest BCUT2D eigenvalue weighted by atomic mass is 9.94. The number of benzene rings is 1. The molecule has 0 aliphatic carbocycles. The van der Waals surface area contributed by atoms with Crippen LogP contribution < -0.4 is 5.32 Å². The van der Waals surface area contributed by atoms with Crippen LogP contribution in [0.25, 0.3) is 0 Å². The van der Waals surface area contributed by atoms with Gasteiger partial charge in [0.15, 0.2) is 0 Å². The predicted molar refractivity (Wildman–Crippen MR) is 91.5 cm³/mol. The molecule has 114 valence electrons. The summed E-state index contributed by atoms with van der Waals surface area (Å²) >= 11 is 3.57. The Hall–Kier alpha value is -1.13. The van der Waals surface area contributed by atoms with Gasteiger partial charge in [-0.1, -0.05) is 41.9 Å². The number of nitrogens with one attached hydrogen (secondary N) is 1. The summed E-state index contributed by atoms with van der Waals surface area (Å²) in [6.45, 7) is 6.50. The average molecular weight is 350 g/mol. The smallest absolute Gasteiger partial charge is 0.0631 e. The summed E-state index contributed by atoms with van der Waals surface area (Å²) in [5, 5.41) is 8.10. The number of aromatic nitrogens is 2. The van der Waals surface area contributed by atoms with Crippen LogP contribution in [0.2, 0.25) is 0 Å². The number of halogens is 1. The van der Waals surface area contributed by atoms with Crippen molar-refractivity contribution in [1.29, 1.82) is 0 Å².